The van der Waals surface area contributed by atoms with Crippen molar-refractivity contribution in [3.05, 3.63) is 36.9 Å². The predicted octanol–water partition coefficient (Wildman–Crippen LogP) is 2.80. The summed E-state index contributed by atoms with van der Waals surface area (Å²) in [5.41, 5.74) is 2.27. The maximum absolute atomic E-state index is 5.22. The summed E-state index contributed by atoms with van der Waals surface area (Å²) >= 11 is 0. The van der Waals surface area contributed by atoms with E-state index in [9.17, 15) is 0 Å². The maximum Gasteiger partial charge on any atom is 0.181 e. The maximum atomic E-state index is 5.22. The molecule has 0 spiro atoms. The summed E-state index contributed by atoms with van der Waals surface area (Å²) in [6.45, 7) is 3.13. The van der Waals surface area contributed by atoms with Crippen LogP contribution in [0.4, 0.5) is 5.69 Å². The normalized spacial score (nSPS) is 10.3. The van der Waals surface area contributed by atoms with Crippen molar-refractivity contribution in [2.45, 2.75) is 6.92 Å². The number of nitrogens with zero attached hydrogens (tertiary/aromatic N) is 2. The van der Waals surface area contributed by atoms with Crippen LogP contribution in [-0.2, 0) is 0 Å². The summed E-state index contributed by atoms with van der Waals surface area (Å²) in [5.74, 6) is 0.806. The molecule has 1 aromatic carbocycles. The zero-order valence-corrected chi connectivity index (χ0v) is 8.97. The Hall–Kier alpha value is -1.77. The van der Waals surface area contributed by atoms with Crippen LogP contribution in [0.25, 0.3) is 11.3 Å². The molecule has 0 fully saturated rings. The molecule has 0 N–H and O–H groups in total. The molecule has 2 rings (SSSR count). The zero-order chi connectivity index (χ0) is 10.7. The number of rotatable bonds is 3. The lowest BCUT2D eigenvalue weighted by Crippen LogP contribution is -2.15. The van der Waals surface area contributed by atoms with Crippen molar-refractivity contribution in [2.24, 2.45) is 0 Å². The molecule has 0 aliphatic rings. The average molecular weight is 202 g/mol. The second kappa shape index (κ2) is 4.17. The van der Waals surface area contributed by atoms with E-state index in [1.165, 1.54) is 12.1 Å². The largest absolute Gasteiger partial charge is 0.444 e. The summed E-state index contributed by atoms with van der Waals surface area (Å²) in [5, 5.41) is 0. The number of oxazole rings is 1. The first kappa shape index (κ1) is 9.77. The monoisotopic (exact) mass is 202 g/mol. The first-order chi connectivity index (χ1) is 7.31. The smallest absolute Gasteiger partial charge is 0.181 e. The van der Waals surface area contributed by atoms with Crippen LogP contribution in [0, 0.1) is 0 Å². The van der Waals surface area contributed by atoms with Crippen LogP contribution >= 0.6 is 0 Å². The van der Waals surface area contributed by atoms with Crippen LogP contribution in [0.5, 0.6) is 0 Å². The van der Waals surface area contributed by atoms with Gasteiger partial charge in [-0.3, -0.25) is 0 Å². The minimum atomic E-state index is 0.806. The molecule has 0 aliphatic carbocycles. The van der Waals surface area contributed by atoms with Gasteiger partial charge < -0.3 is 9.32 Å². The SMILES string of the molecule is CCN(C)c1ccc(-c2cnco2)cc1. The van der Waals surface area contributed by atoms with Crippen molar-refractivity contribution in [3.63, 3.8) is 0 Å². The van der Waals surface area contributed by atoms with Gasteiger partial charge in [-0.15, -0.1) is 0 Å². The Balaban J connectivity index is 2.25. The average Bonchev–Trinajstić information content (AvgIpc) is 2.82. The van der Waals surface area contributed by atoms with Gasteiger partial charge in [0.1, 0.15) is 0 Å². The zero-order valence-electron chi connectivity index (χ0n) is 8.97. The van der Waals surface area contributed by atoms with Crippen LogP contribution in [0.2, 0.25) is 0 Å². The molecule has 0 aliphatic heterocycles. The number of benzene rings is 1. The van der Waals surface area contributed by atoms with E-state index < -0.39 is 0 Å². The van der Waals surface area contributed by atoms with Crippen molar-refractivity contribution < 1.29 is 4.42 Å². The molecule has 0 unspecified atom stereocenters. The molecule has 0 atom stereocenters. The topological polar surface area (TPSA) is 29.3 Å². The van der Waals surface area contributed by atoms with Gasteiger partial charge in [0.25, 0.3) is 0 Å². The molecule has 1 aromatic heterocycles. The van der Waals surface area contributed by atoms with E-state index in [-0.39, 0.29) is 0 Å². The molecule has 3 nitrogen and oxygen atoms in total. The van der Waals surface area contributed by atoms with Crippen LogP contribution in [-0.4, -0.2) is 18.6 Å². The molecule has 0 saturated carbocycles. The van der Waals surface area contributed by atoms with E-state index in [0.717, 1.165) is 17.9 Å². The predicted molar refractivity (Wildman–Crippen MR) is 60.9 cm³/mol. The molecule has 0 amide bonds. The van der Waals surface area contributed by atoms with Crippen LogP contribution in [0.15, 0.2) is 41.3 Å². The summed E-state index contributed by atoms with van der Waals surface area (Å²) in [6.07, 6.45) is 3.17. The molecular formula is C12H14N2O. The molecule has 2 aromatic rings. The Morgan fingerprint density at radius 3 is 2.53 bits per heavy atom. The highest BCUT2D eigenvalue weighted by atomic mass is 16.3. The first-order valence-corrected chi connectivity index (χ1v) is 5.01. The second-order valence-corrected chi connectivity index (χ2v) is 3.43. The fourth-order valence-electron chi connectivity index (χ4n) is 1.42. The van der Waals surface area contributed by atoms with Gasteiger partial charge in [0.15, 0.2) is 12.2 Å². The first-order valence-electron chi connectivity index (χ1n) is 5.01. The van der Waals surface area contributed by atoms with Gasteiger partial charge in [0, 0.05) is 24.8 Å². The molecule has 0 radical (unpaired) electrons. The molecule has 78 valence electrons. The van der Waals surface area contributed by atoms with Crippen molar-refractivity contribution in [1.82, 2.24) is 4.98 Å². The second-order valence-electron chi connectivity index (χ2n) is 3.43. The number of hydrogen-bond acceptors (Lipinski definition) is 3. The standard InChI is InChI=1S/C12H14N2O/c1-3-14(2)11-6-4-10(5-7-11)12-8-13-9-15-12/h4-9H,3H2,1-2H3. The van der Waals surface area contributed by atoms with Gasteiger partial charge in [-0.2, -0.15) is 0 Å². The highest BCUT2D eigenvalue weighted by Crippen LogP contribution is 2.21. The Morgan fingerprint density at radius 1 is 1.27 bits per heavy atom. The van der Waals surface area contributed by atoms with Gasteiger partial charge in [-0.25, -0.2) is 4.98 Å². The van der Waals surface area contributed by atoms with Crippen molar-refractivity contribution >= 4 is 5.69 Å². The van der Waals surface area contributed by atoms with Gasteiger partial charge in [-0.1, -0.05) is 0 Å². The van der Waals surface area contributed by atoms with Gasteiger partial charge >= 0.3 is 0 Å². The van der Waals surface area contributed by atoms with E-state index in [4.69, 9.17) is 4.42 Å². The van der Waals surface area contributed by atoms with E-state index in [2.05, 4.69) is 36.0 Å². The minimum Gasteiger partial charge on any atom is -0.444 e. The highest BCUT2D eigenvalue weighted by Gasteiger charge is 2.02. The Morgan fingerprint density at radius 2 is 2.00 bits per heavy atom. The summed E-state index contributed by atoms with van der Waals surface area (Å²) in [7, 11) is 2.07. The summed E-state index contributed by atoms with van der Waals surface area (Å²) in [6, 6.07) is 8.26. The molecule has 1 heterocycles. The third-order valence-electron chi connectivity index (χ3n) is 2.50. The Labute approximate surface area is 89.4 Å². The van der Waals surface area contributed by atoms with E-state index in [1.807, 2.05) is 12.1 Å². The van der Waals surface area contributed by atoms with Crippen LogP contribution < -0.4 is 4.90 Å². The molecule has 15 heavy (non-hydrogen) atoms. The van der Waals surface area contributed by atoms with Crippen LogP contribution in [0.3, 0.4) is 0 Å². The third kappa shape index (κ3) is 2.01. The molecule has 3 heteroatoms. The highest BCUT2D eigenvalue weighted by molar-refractivity contribution is 5.60. The van der Waals surface area contributed by atoms with Crippen molar-refractivity contribution in [3.8, 4) is 11.3 Å². The minimum absolute atomic E-state index is 0.806. The van der Waals surface area contributed by atoms with E-state index in [0.29, 0.717) is 0 Å². The fourth-order valence-corrected chi connectivity index (χ4v) is 1.42. The number of hydrogen-bond donors (Lipinski definition) is 0. The quantitative estimate of drug-likeness (QED) is 0.766. The molecule has 0 saturated heterocycles. The van der Waals surface area contributed by atoms with E-state index in [1.54, 1.807) is 6.20 Å². The summed E-state index contributed by atoms with van der Waals surface area (Å²) in [4.78, 5) is 6.08. The van der Waals surface area contributed by atoms with Gasteiger partial charge in [0.2, 0.25) is 0 Å². The van der Waals surface area contributed by atoms with Gasteiger partial charge in [-0.05, 0) is 31.2 Å². The van der Waals surface area contributed by atoms with Crippen LogP contribution in [0.1, 0.15) is 6.92 Å². The number of aromatic nitrogens is 1. The Kier molecular flexibility index (Phi) is 2.72. The molecular weight excluding hydrogens is 188 g/mol. The lowest BCUT2D eigenvalue weighted by Gasteiger charge is -2.16. The lowest BCUT2D eigenvalue weighted by molar-refractivity contribution is 0.572. The number of anilines is 1. The lowest BCUT2D eigenvalue weighted by atomic mass is 10.1. The third-order valence-corrected chi connectivity index (χ3v) is 2.50. The van der Waals surface area contributed by atoms with Crippen molar-refractivity contribution in [1.29, 1.82) is 0 Å². The Bertz CT molecular complexity index is 406. The molecule has 0 bridgehead atoms. The van der Waals surface area contributed by atoms with Crippen molar-refractivity contribution in [2.75, 3.05) is 18.5 Å². The fraction of sp³-hybridized carbons (Fsp3) is 0.250. The van der Waals surface area contributed by atoms with E-state index >= 15 is 0 Å². The summed E-state index contributed by atoms with van der Waals surface area (Å²) < 4.78 is 5.22. The van der Waals surface area contributed by atoms with Gasteiger partial charge in [0.05, 0.1) is 6.20 Å².